The van der Waals surface area contributed by atoms with Gasteiger partial charge in [-0.15, -0.1) is 0 Å². The second-order valence-corrected chi connectivity index (χ2v) is 10.3. The summed E-state index contributed by atoms with van der Waals surface area (Å²) in [7, 11) is 1.47. The van der Waals surface area contributed by atoms with E-state index in [2.05, 4.69) is 0 Å². The van der Waals surface area contributed by atoms with Crippen LogP contribution in [0.2, 0.25) is 0 Å². The van der Waals surface area contributed by atoms with Gasteiger partial charge in [-0.25, -0.2) is 0 Å². The van der Waals surface area contributed by atoms with Crippen molar-refractivity contribution < 1.29 is 69.3 Å². The standard InChI is InChI=1S/C28H32O15/c1-39-11-4-2-10(3-5-11)14-6-12(31)18-13(32)7-15(42-28-25(38)23(36)21(34)17(9-30)43-28)19(26(18)40-14)27-24(37)22(35)20(33)16(8-29)41-27/h2-7,16-17,20-25,27-30,32-38H,8-9H2,1H3/t16?,17?,20-,21-,22+,23+,24?,25?,27+,28-/m1/s1. The lowest BCUT2D eigenvalue weighted by atomic mass is 9.89. The maximum absolute atomic E-state index is 13.3. The Morgan fingerprint density at radius 3 is 2.00 bits per heavy atom. The van der Waals surface area contributed by atoms with Crippen LogP contribution in [-0.2, 0) is 9.47 Å². The molecule has 2 aliphatic heterocycles. The second-order valence-electron chi connectivity index (χ2n) is 10.3. The van der Waals surface area contributed by atoms with Gasteiger partial charge in [0.25, 0.3) is 0 Å². The van der Waals surface area contributed by atoms with Gasteiger partial charge in [0.1, 0.15) is 83.3 Å². The first kappa shape index (κ1) is 31.1. The van der Waals surface area contributed by atoms with Crippen LogP contribution >= 0.6 is 0 Å². The Hall–Kier alpha value is -3.35. The third-order valence-corrected chi connectivity index (χ3v) is 7.62. The van der Waals surface area contributed by atoms with Gasteiger partial charge in [0.05, 0.1) is 25.9 Å². The molecule has 2 aromatic carbocycles. The highest BCUT2D eigenvalue weighted by molar-refractivity contribution is 5.89. The highest BCUT2D eigenvalue weighted by Crippen LogP contribution is 2.45. The fourth-order valence-electron chi connectivity index (χ4n) is 5.21. The maximum Gasteiger partial charge on any atom is 0.229 e. The average molecular weight is 609 g/mol. The van der Waals surface area contributed by atoms with Gasteiger partial charge in [-0.2, -0.15) is 0 Å². The molecular formula is C28H32O15. The lowest BCUT2D eigenvalue weighted by molar-refractivity contribution is -0.278. The van der Waals surface area contributed by atoms with Crippen molar-refractivity contribution in [1.82, 2.24) is 0 Å². The van der Waals surface area contributed by atoms with E-state index in [4.69, 9.17) is 23.4 Å². The Balaban J connectivity index is 1.72. The number of fused-ring (bicyclic) bond motifs is 1. The van der Waals surface area contributed by atoms with Gasteiger partial charge < -0.3 is 69.3 Å². The predicted octanol–water partition coefficient (Wildman–Crippen LogP) is -2.13. The topological polar surface area (TPSA) is 249 Å². The minimum atomic E-state index is -1.90. The number of phenolic OH excluding ortho intramolecular Hbond substituents is 1. The number of methoxy groups -OCH3 is 1. The van der Waals surface area contributed by atoms with Gasteiger partial charge >= 0.3 is 0 Å². The number of aliphatic hydroxyl groups excluding tert-OH is 8. The van der Waals surface area contributed by atoms with Crippen molar-refractivity contribution in [1.29, 1.82) is 0 Å². The van der Waals surface area contributed by atoms with E-state index in [-0.39, 0.29) is 22.3 Å². The minimum Gasteiger partial charge on any atom is -0.507 e. The van der Waals surface area contributed by atoms with Crippen molar-refractivity contribution in [2.45, 2.75) is 61.2 Å². The fourth-order valence-corrected chi connectivity index (χ4v) is 5.21. The van der Waals surface area contributed by atoms with Crippen molar-refractivity contribution >= 4 is 11.0 Å². The summed E-state index contributed by atoms with van der Waals surface area (Å²) >= 11 is 0. The number of benzene rings is 2. The molecule has 0 aliphatic carbocycles. The van der Waals surface area contributed by atoms with Crippen LogP contribution < -0.4 is 14.9 Å². The lowest BCUT2D eigenvalue weighted by Gasteiger charge is -2.42. The number of hydrogen-bond acceptors (Lipinski definition) is 15. The number of phenols is 1. The van der Waals surface area contributed by atoms with E-state index in [1.54, 1.807) is 24.3 Å². The molecule has 3 aromatic rings. The molecule has 1 aromatic heterocycles. The Labute approximate surface area is 242 Å². The van der Waals surface area contributed by atoms with Crippen molar-refractivity contribution in [2.24, 2.45) is 0 Å². The summed E-state index contributed by atoms with van der Waals surface area (Å²) in [6.45, 7) is -1.56. The number of aliphatic hydroxyl groups is 8. The van der Waals surface area contributed by atoms with E-state index >= 15 is 0 Å². The SMILES string of the molecule is COc1ccc(-c2cc(=O)c3c(O)cc(O[C@@H]4OC(CO)[C@@H](O)[C@H](O)C4O)c([C@@H]4OC(CO)[C@@H](O)[C@H](O)C4O)c3o2)cc1. The zero-order valence-corrected chi connectivity index (χ0v) is 22.6. The van der Waals surface area contributed by atoms with Crippen molar-refractivity contribution in [3.05, 3.63) is 52.2 Å². The van der Waals surface area contributed by atoms with E-state index < -0.39 is 91.4 Å². The molecule has 4 unspecified atom stereocenters. The zero-order valence-electron chi connectivity index (χ0n) is 22.6. The third kappa shape index (κ3) is 5.56. The molecule has 15 heteroatoms. The Morgan fingerprint density at radius 2 is 1.40 bits per heavy atom. The summed E-state index contributed by atoms with van der Waals surface area (Å²) in [6, 6.07) is 8.42. The van der Waals surface area contributed by atoms with E-state index in [0.717, 1.165) is 12.1 Å². The van der Waals surface area contributed by atoms with Crippen molar-refractivity contribution in [2.75, 3.05) is 20.3 Å². The van der Waals surface area contributed by atoms with Crippen LogP contribution in [0.1, 0.15) is 11.7 Å². The predicted molar refractivity (Wildman–Crippen MR) is 143 cm³/mol. The van der Waals surface area contributed by atoms with Gasteiger partial charge in [0, 0.05) is 17.7 Å². The third-order valence-electron chi connectivity index (χ3n) is 7.62. The molecule has 15 nitrogen and oxygen atoms in total. The lowest BCUT2D eigenvalue weighted by Crippen LogP contribution is -2.60. The summed E-state index contributed by atoms with van der Waals surface area (Å²) in [6.07, 6.45) is -17.2. The van der Waals surface area contributed by atoms with E-state index in [1.165, 1.54) is 7.11 Å². The maximum atomic E-state index is 13.3. The van der Waals surface area contributed by atoms with Crippen LogP contribution in [0.5, 0.6) is 17.2 Å². The summed E-state index contributed by atoms with van der Waals surface area (Å²) < 4.78 is 28.2. The van der Waals surface area contributed by atoms with Crippen LogP contribution in [0, 0.1) is 0 Å². The molecule has 2 fully saturated rings. The van der Waals surface area contributed by atoms with Gasteiger partial charge in [-0.1, -0.05) is 0 Å². The van der Waals surface area contributed by atoms with Crippen LogP contribution in [-0.4, -0.2) is 121 Å². The first-order valence-electron chi connectivity index (χ1n) is 13.3. The molecule has 0 spiro atoms. The highest BCUT2D eigenvalue weighted by atomic mass is 16.7. The number of hydrogen-bond donors (Lipinski definition) is 9. The van der Waals surface area contributed by atoms with Crippen LogP contribution in [0.3, 0.4) is 0 Å². The highest BCUT2D eigenvalue weighted by Gasteiger charge is 2.48. The van der Waals surface area contributed by atoms with Crippen molar-refractivity contribution in [3.8, 4) is 28.6 Å². The summed E-state index contributed by atoms with van der Waals surface area (Å²) in [5, 5.41) is 92.8. The smallest absolute Gasteiger partial charge is 0.229 e. The molecular weight excluding hydrogens is 576 g/mol. The largest absolute Gasteiger partial charge is 0.507 e. The van der Waals surface area contributed by atoms with Gasteiger partial charge in [-0.3, -0.25) is 4.79 Å². The zero-order chi connectivity index (χ0) is 31.2. The molecule has 43 heavy (non-hydrogen) atoms. The molecule has 0 amide bonds. The molecule has 2 saturated heterocycles. The molecule has 3 heterocycles. The fraction of sp³-hybridized carbons (Fsp3) is 0.464. The number of ether oxygens (including phenoxy) is 4. The van der Waals surface area contributed by atoms with Crippen molar-refractivity contribution in [3.63, 3.8) is 0 Å². The normalized spacial score (nSPS) is 33.0. The molecule has 2 aliphatic rings. The van der Waals surface area contributed by atoms with Crippen LogP contribution in [0.15, 0.2) is 45.6 Å². The van der Waals surface area contributed by atoms with Gasteiger partial charge in [0.2, 0.25) is 6.29 Å². The number of aromatic hydroxyl groups is 1. The van der Waals surface area contributed by atoms with Crippen LogP contribution in [0.25, 0.3) is 22.3 Å². The summed E-state index contributed by atoms with van der Waals surface area (Å²) in [5.74, 6) is -0.594. The molecule has 5 rings (SSSR count). The van der Waals surface area contributed by atoms with Gasteiger partial charge in [-0.05, 0) is 24.3 Å². The average Bonchev–Trinajstić information content (AvgIpc) is 3.00. The van der Waals surface area contributed by atoms with E-state index in [1.807, 2.05) is 0 Å². The Kier molecular flexibility index (Phi) is 8.92. The quantitative estimate of drug-likeness (QED) is 0.139. The number of rotatable bonds is 7. The van der Waals surface area contributed by atoms with E-state index in [0.29, 0.717) is 11.3 Å². The second kappa shape index (κ2) is 12.3. The summed E-state index contributed by atoms with van der Waals surface area (Å²) in [5.41, 5.74) is -1.01. The molecule has 0 bridgehead atoms. The van der Waals surface area contributed by atoms with Gasteiger partial charge in [0.15, 0.2) is 11.0 Å². The molecule has 0 radical (unpaired) electrons. The first-order chi connectivity index (χ1) is 20.5. The molecule has 9 N–H and O–H groups in total. The molecule has 234 valence electrons. The molecule has 0 saturated carbocycles. The Bertz CT molecular complexity index is 1490. The minimum absolute atomic E-state index is 0.00427. The van der Waals surface area contributed by atoms with E-state index in [9.17, 15) is 50.8 Å². The first-order valence-corrected chi connectivity index (χ1v) is 13.3. The van der Waals surface area contributed by atoms with Crippen LogP contribution in [0.4, 0.5) is 0 Å². The summed E-state index contributed by atoms with van der Waals surface area (Å²) in [4.78, 5) is 13.3. The monoisotopic (exact) mass is 608 g/mol. The molecule has 10 atom stereocenters. The Morgan fingerprint density at radius 1 is 0.791 bits per heavy atom.